The molecule has 0 fully saturated rings. The molecule has 22 heavy (non-hydrogen) atoms. The molecule has 2 aromatic rings. The van der Waals surface area contributed by atoms with Crippen molar-refractivity contribution in [2.24, 2.45) is 5.92 Å². The second kappa shape index (κ2) is 5.02. The van der Waals surface area contributed by atoms with Crippen molar-refractivity contribution in [3.63, 3.8) is 0 Å². The van der Waals surface area contributed by atoms with Crippen LogP contribution in [0, 0.1) is 18.7 Å². The summed E-state index contributed by atoms with van der Waals surface area (Å²) < 4.78 is 18.5. The van der Waals surface area contributed by atoms with E-state index in [1.807, 2.05) is 0 Å². The third-order valence-electron chi connectivity index (χ3n) is 4.49. The zero-order chi connectivity index (χ0) is 16.1. The van der Waals surface area contributed by atoms with Gasteiger partial charge in [0.15, 0.2) is 0 Å². The number of carbonyl (C=O) groups excluding carboxylic acids is 1. The summed E-state index contributed by atoms with van der Waals surface area (Å²) in [6.45, 7) is 4.91. The van der Waals surface area contributed by atoms with E-state index in [-0.39, 0.29) is 23.9 Å². The molecule has 5 heteroatoms. The minimum absolute atomic E-state index is 0.106. The van der Waals surface area contributed by atoms with Crippen LogP contribution in [0.25, 0.3) is 0 Å². The highest BCUT2D eigenvalue weighted by Crippen LogP contribution is 2.47. The van der Waals surface area contributed by atoms with Crippen LogP contribution in [0.2, 0.25) is 0 Å². The molecular weight excluding hydrogens is 285 g/mol. The predicted octanol–water partition coefficient (Wildman–Crippen LogP) is 2.77. The number of hydrogen-bond acceptors (Lipinski definition) is 4. The van der Waals surface area contributed by atoms with Gasteiger partial charge in [0.05, 0.1) is 17.2 Å². The fourth-order valence-corrected chi connectivity index (χ4v) is 3.63. The second-order valence-corrected chi connectivity index (χ2v) is 6.25. The van der Waals surface area contributed by atoms with Crippen LogP contribution in [0.15, 0.2) is 28.8 Å². The molecular formula is C17H18FNO3. The van der Waals surface area contributed by atoms with Crippen molar-refractivity contribution in [1.82, 2.24) is 5.16 Å². The summed E-state index contributed by atoms with van der Waals surface area (Å²) in [4.78, 5) is 12.2. The van der Waals surface area contributed by atoms with Crippen LogP contribution < -0.4 is 0 Å². The Morgan fingerprint density at radius 2 is 2.05 bits per heavy atom. The smallest absolute Gasteiger partial charge is 0.137 e. The number of fused-ring (bicyclic) bond motifs is 1. The first-order valence-corrected chi connectivity index (χ1v) is 7.24. The lowest BCUT2D eigenvalue weighted by molar-refractivity contribution is -0.130. The lowest BCUT2D eigenvalue weighted by Gasteiger charge is -2.40. The van der Waals surface area contributed by atoms with Crippen molar-refractivity contribution >= 4 is 5.78 Å². The summed E-state index contributed by atoms with van der Waals surface area (Å²) in [6, 6.07) is 6.01. The van der Waals surface area contributed by atoms with E-state index in [0.29, 0.717) is 11.5 Å². The highest BCUT2D eigenvalue weighted by atomic mass is 19.1. The Balaban J connectivity index is 2.23. The maximum Gasteiger partial charge on any atom is 0.137 e. The quantitative estimate of drug-likeness (QED) is 0.926. The third-order valence-corrected chi connectivity index (χ3v) is 4.49. The average molecular weight is 303 g/mol. The lowest BCUT2D eigenvalue weighted by atomic mass is 9.64. The van der Waals surface area contributed by atoms with Crippen molar-refractivity contribution in [1.29, 1.82) is 0 Å². The van der Waals surface area contributed by atoms with Gasteiger partial charge in [-0.15, -0.1) is 0 Å². The molecule has 1 heterocycles. The van der Waals surface area contributed by atoms with Gasteiger partial charge in [-0.05, 0) is 38.5 Å². The van der Waals surface area contributed by atoms with Crippen LogP contribution in [0.3, 0.4) is 0 Å². The van der Waals surface area contributed by atoms with Crippen molar-refractivity contribution in [2.45, 2.75) is 38.7 Å². The van der Waals surface area contributed by atoms with Crippen molar-refractivity contribution in [3.8, 4) is 0 Å². The number of aryl methyl sites for hydroxylation is 1. The van der Waals surface area contributed by atoms with E-state index in [2.05, 4.69) is 5.16 Å². The Labute approximate surface area is 127 Å². The normalized spacial score (nSPS) is 27.5. The van der Waals surface area contributed by atoms with Gasteiger partial charge in [-0.25, -0.2) is 4.39 Å². The van der Waals surface area contributed by atoms with Gasteiger partial charge < -0.3 is 9.63 Å². The fourth-order valence-electron chi connectivity index (χ4n) is 3.63. The SMILES string of the molecule is CC(=O)[C@H]1[C@@H](c2ccc(F)cc2)c2c(noc2C)C[C@@]1(C)O. The number of carbonyl (C=O) groups is 1. The summed E-state index contributed by atoms with van der Waals surface area (Å²) in [5, 5.41) is 14.8. The molecule has 0 radical (unpaired) electrons. The van der Waals surface area contributed by atoms with E-state index in [1.54, 1.807) is 26.0 Å². The maximum absolute atomic E-state index is 13.2. The van der Waals surface area contributed by atoms with E-state index in [0.717, 1.165) is 11.1 Å². The molecule has 0 amide bonds. The van der Waals surface area contributed by atoms with Gasteiger partial charge in [-0.3, -0.25) is 4.79 Å². The monoisotopic (exact) mass is 303 g/mol. The summed E-state index contributed by atoms with van der Waals surface area (Å²) in [7, 11) is 0. The molecule has 116 valence electrons. The second-order valence-electron chi connectivity index (χ2n) is 6.25. The summed E-state index contributed by atoms with van der Waals surface area (Å²) in [6.07, 6.45) is 0.265. The predicted molar refractivity (Wildman–Crippen MR) is 78.0 cm³/mol. The van der Waals surface area contributed by atoms with E-state index in [4.69, 9.17) is 4.52 Å². The van der Waals surface area contributed by atoms with Crippen LogP contribution in [-0.4, -0.2) is 21.6 Å². The average Bonchev–Trinajstić information content (AvgIpc) is 2.77. The minimum Gasteiger partial charge on any atom is -0.389 e. The van der Waals surface area contributed by atoms with Gasteiger partial charge in [-0.1, -0.05) is 17.3 Å². The standard InChI is InChI=1S/C17H18FNO3/c1-9(20)16-15(11-4-6-12(18)7-5-11)14-10(2)22-19-13(14)8-17(16,3)21/h4-7,15-16,21H,8H2,1-3H3/t15-,16-,17+/m0/s1. The Bertz CT molecular complexity index is 718. The summed E-state index contributed by atoms with van der Waals surface area (Å²) >= 11 is 0. The molecule has 0 bridgehead atoms. The van der Waals surface area contributed by atoms with Crippen molar-refractivity contribution in [2.75, 3.05) is 0 Å². The Morgan fingerprint density at radius 1 is 1.41 bits per heavy atom. The molecule has 4 nitrogen and oxygen atoms in total. The molecule has 3 atom stereocenters. The van der Waals surface area contributed by atoms with Gasteiger partial charge in [0.2, 0.25) is 0 Å². The Hall–Kier alpha value is -2.01. The molecule has 1 aliphatic rings. The molecule has 0 aliphatic heterocycles. The van der Waals surface area contributed by atoms with Crippen LogP contribution in [0.5, 0.6) is 0 Å². The van der Waals surface area contributed by atoms with E-state index in [9.17, 15) is 14.3 Å². The lowest BCUT2D eigenvalue weighted by Crippen LogP contribution is -2.48. The van der Waals surface area contributed by atoms with Gasteiger partial charge in [0, 0.05) is 17.9 Å². The summed E-state index contributed by atoms with van der Waals surface area (Å²) in [5.74, 6) is -0.823. The maximum atomic E-state index is 13.2. The molecule has 0 saturated heterocycles. The largest absolute Gasteiger partial charge is 0.389 e. The number of halogens is 1. The van der Waals surface area contributed by atoms with Gasteiger partial charge in [-0.2, -0.15) is 0 Å². The van der Waals surface area contributed by atoms with Crippen LogP contribution in [-0.2, 0) is 11.2 Å². The highest BCUT2D eigenvalue weighted by Gasteiger charge is 2.49. The zero-order valence-electron chi connectivity index (χ0n) is 12.8. The number of hydrogen-bond donors (Lipinski definition) is 1. The summed E-state index contributed by atoms with van der Waals surface area (Å²) in [5.41, 5.74) is 1.04. The number of nitrogens with zero attached hydrogens (tertiary/aromatic N) is 1. The molecule has 3 rings (SSSR count). The van der Waals surface area contributed by atoms with Gasteiger partial charge in [0.25, 0.3) is 0 Å². The number of ketones is 1. The Morgan fingerprint density at radius 3 is 2.64 bits per heavy atom. The van der Waals surface area contributed by atoms with Crippen LogP contribution >= 0.6 is 0 Å². The molecule has 0 spiro atoms. The van der Waals surface area contributed by atoms with Crippen molar-refractivity contribution in [3.05, 3.63) is 52.7 Å². The first kappa shape index (κ1) is 14.9. The molecule has 0 unspecified atom stereocenters. The first-order valence-electron chi connectivity index (χ1n) is 7.24. The van der Waals surface area contributed by atoms with Crippen LogP contribution in [0.4, 0.5) is 4.39 Å². The van der Waals surface area contributed by atoms with E-state index in [1.165, 1.54) is 19.1 Å². The number of Topliss-reactive ketones (excluding diaryl/α,β-unsaturated/α-hetero) is 1. The third kappa shape index (κ3) is 2.25. The highest BCUT2D eigenvalue weighted by molar-refractivity contribution is 5.82. The minimum atomic E-state index is -1.22. The first-order chi connectivity index (χ1) is 10.3. The topological polar surface area (TPSA) is 63.3 Å². The Kier molecular flexibility index (Phi) is 3.40. The van der Waals surface area contributed by atoms with E-state index >= 15 is 0 Å². The molecule has 1 aromatic heterocycles. The molecule has 0 saturated carbocycles. The number of aliphatic hydroxyl groups is 1. The van der Waals surface area contributed by atoms with Gasteiger partial charge in [0.1, 0.15) is 17.4 Å². The van der Waals surface area contributed by atoms with Crippen LogP contribution in [0.1, 0.15) is 42.3 Å². The van der Waals surface area contributed by atoms with E-state index < -0.39 is 11.5 Å². The molecule has 1 aromatic carbocycles. The fraction of sp³-hybridized carbons (Fsp3) is 0.412. The van der Waals surface area contributed by atoms with Crippen molar-refractivity contribution < 1.29 is 18.8 Å². The number of aromatic nitrogens is 1. The van der Waals surface area contributed by atoms with Gasteiger partial charge >= 0.3 is 0 Å². The number of benzene rings is 1. The molecule has 1 aliphatic carbocycles. The molecule has 1 N–H and O–H groups in total. The zero-order valence-corrected chi connectivity index (χ0v) is 12.8. The number of rotatable bonds is 2.